The van der Waals surface area contributed by atoms with E-state index in [4.69, 9.17) is 0 Å². The van der Waals surface area contributed by atoms with Crippen molar-refractivity contribution in [1.29, 1.82) is 0 Å². The molecule has 1 aromatic rings. The first kappa shape index (κ1) is 13.9. The number of carboxylic acids is 1. The van der Waals surface area contributed by atoms with Crippen molar-refractivity contribution in [3.8, 4) is 0 Å². The maximum absolute atomic E-state index is 12.9. The van der Waals surface area contributed by atoms with Crippen LogP contribution >= 0.6 is 0 Å². The lowest BCUT2D eigenvalue weighted by atomic mass is 10.0. The Morgan fingerprint density at radius 1 is 1.24 bits per heavy atom. The summed E-state index contributed by atoms with van der Waals surface area (Å²) in [4.78, 5) is 27.6. The summed E-state index contributed by atoms with van der Waals surface area (Å²) in [7, 11) is 0. The van der Waals surface area contributed by atoms with Gasteiger partial charge in [0, 0.05) is 18.3 Å². The first-order valence-corrected chi connectivity index (χ1v) is 7.50. The van der Waals surface area contributed by atoms with Crippen LogP contribution in [0.5, 0.6) is 0 Å². The number of para-hydroxylation sites is 1. The molecule has 0 radical (unpaired) electrons. The van der Waals surface area contributed by atoms with Crippen LogP contribution in [-0.4, -0.2) is 40.6 Å². The van der Waals surface area contributed by atoms with Crippen LogP contribution in [0.3, 0.4) is 0 Å². The zero-order valence-corrected chi connectivity index (χ0v) is 12.2. The molecule has 3 rings (SSSR count). The monoisotopic (exact) mass is 288 g/mol. The van der Waals surface area contributed by atoms with Crippen molar-refractivity contribution in [2.45, 2.75) is 44.7 Å². The number of likely N-dealkylation sites (tertiary alicyclic amines) is 1. The number of rotatable bonds is 1. The van der Waals surface area contributed by atoms with E-state index in [0.717, 1.165) is 30.5 Å². The molecule has 0 saturated carbocycles. The fourth-order valence-electron chi connectivity index (χ4n) is 3.41. The predicted octanol–water partition coefficient (Wildman–Crippen LogP) is 2.50. The molecular weight excluding hydrogens is 268 g/mol. The molecule has 0 aliphatic carbocycles. The lowest BCUT2D eigenvalue weighted by molar-refractivity contribution is -0.143. The SMILES string of the molecule is CC1Cc2ccccc2N1C(=O)N1CCCCC1C(=O)O. The molecular formula is C16H20N2O3. The van der Waals surface area contributed by atoms with E-state index >= 15 is 0 Å². The van der Waals surface area contributed by atoms with Gasteiger partial charge in [-0.1, -0.05) is 18.2 Å². The molecule has 1 saturated heterocycles. The van der Waals surface area contributed by atoms with Gasteiger partial charge in [-0.15, -0.1) is 0 Å². The van der Waals surface area contributed by atoms with Gasteiger partial charge < -0.3 is 10.0 Å². The number of aliphatic carboxylic acids is 1. The van der Waals surface area contributed by atoms with E-state index in [1.807, 2.05) is 31.2 Å². The first-order chi connectivity index (χ1) is 10.1. The number of hydrogen-bond donors (Lipinski definition) is 1. The Kier molecular flexibility index (Phi) is 3.57. The van der Waals surface area contributed by atoms with Crippen molar-refractivity contribution in [2.75, 3.05) is 11.4 Å². The second-order valence-electron chi connectivity index (χ2n) is 5.88. The number of benzene rings is 1. The summed E-state index contributed by atoms with van der Waals surface area (Å²) in [6, 6.07) is 7.08. The predicted molar refractivity (Wildman–Crippen MR) is 79.5 cm³/mol. The highest BCUT2D eigenvalue weighted by atomic mass is 16.4. The Morgan fingerprint density at radius 2 is 2.00 bits per heavy atom. The van der Waals surface area contributed by atoms with Crippen molar-refractivity contribution in [1.82, 2.24) is 4.90 Å². The Morgan fingerprint density at radius 3 is 2.76 bits per heavy atom. The fraction of sp³-hybridized carbons (Fsp3) is 0.500. The Hall–Kier alpha value is -2.04. The molecule has 1 fully saturated rings. The zero-order valence-electron chi connectivity index (χ0n) is 12.2. The van der Waals surface area contributed by atoms with Crippen LogP contribution in [0.4, 0.5) is 10.5 Å². The van der Waals surface area contributed by atoms with Gasteiger partial charge in [-0.2, -0.15) is 0 Å². The molecule has 0 spiro atoms. The molecule has 112 valence electrons. The van der Waals surface area contributed by atoms with Gasteiger partial charge in [-0.05, 0) is 44.2 Å². The number of amides is 2. The molecule has 2 unspecified atom stereocenters. The van der Waals surface area contributed by atoms with Crippen LogP contribution in [0.25, 0.3) is 0 Å². The normalized spacial score (nSPS) is 24.8. The highest BCUT2D eigenvalue weighted by molar-refractivity contribution is 5.97. The Labute approximate surface area is 124 Å². The largest absolute Gasteiger partial charge is 0.480 e. The van der Waals surface area contributed by atoms with E-state index in [2.05, 4.69) is 0 Å². The molecule has 5 heteroatoms. The first-order valence-electron chi connectivity index (χ1n) is 7.50. The number of hydrogen-bond acceptors (Lipinski definition) is 2. The quantitative estimate of drug-likeness (QED) is 0.863. The van der Waals surface area contributed by atoms with E-state index in [1.54, 1.807) is 4.90 Å². The number of fused-ring (bicyclic) bond motifs is 1. The summed E-state index contributed by atoms with van der Waals surface area (Å²) in [5, 5.41) is 9.35. The van der Waals surface area contributed by atoms with E-state index in [-0.39, 0.29) is 12.1 Å². The number of carbonyl (C=O) groups excluding carboxylic acids is 1. The molecule has 0 bridgehead atoms. The van der Waals surface area contributed by atoms with Crippen molar-refractivity contribution < 1.29 is 14.7 Å². The van der Waals surface area contributed by atoms with Crippen LogP contribution in [0, 0.1) is 0 Å². The topological polar surface area (TPSA) is 60.9 Å². The van der Waals surface area contributed by atoms with Crippen LogP contribution in [-0.2, 0) is 11.2 Å². The van der Waals surface area contributed by atoms with Crippen molar-refractivity contribution in [3.05, 3.63) is 29.8 Å². The molecule has 0 aromatic heterocycles. The zero-order chi connectivity index (χ0) is 15.0. The minimum atomic E-state index is -0.900. The summed E-state index contributed by atoms with van der Waals surface area (Å²) >= 11 is 0. The number of piperidine rings is 1. The maximum Gasteiger partial charge on any atom is 0.326 e. The molecule has 21 heavy (non-hydrogen) atoms. The third-order valence-electron chi connectivity index (χ3n) is 4.45. The van der Waals surface area contributed by atoms with Crippen molar-refractivity contribution >= 4 is 17.7 Å². The van der Waals surface area contributed by atoms with Gasteiger partial charge in [0.15, 0.2) is 0 Å². The van der Waals surface area contributed by atoms with Crippen LogP contribution in [0.15, 0.2) is 24.3 Å². The second kappa shape index (κ2) is 5.39. The molecule has 1 aromatic carbocycles. The number of carboxylic acid groups (broad SMARTS) is 1. The lowest BCUT2D eigenvalue weighted by Crippen LogP contribution is -2.54. The van der Waals surface area contributed by atoms with Gasteiger partial charge in [0.25, 0.3) is 0 Å². The van der Waals surface area contributed by atoms with Crippen LogP contribution < -0.4 is 4.90 Å². The van der Waals surface area contributed by atoms with Crippen LogP contribution in [0.2, 0.25) is 0 Å². The fourth-order valence-corrected chi connectivity index (χ4v) is 3.41. The van der Waals surface area contributed by atoms with Gasteiger partial charge >= 0.3 is 12.0 Å². The molecule has 2 atom stereocenters. The standard InChI is InChI=1S/C16H20N2O3/c1-11-10-12-6-2-3-7-13(12)18(11)16(21)17-9-5-4-8-14(17)15(19)20/h2-3,6-7,11,14H,4-5,8-10H2,1H3,(H,19,20). The van der Waals surface area contributed by atoms with Gasteiger partial charge in [0.2, 0.25) is 0 Å². The average molecular weight is 288 g/mol. The average Bonchev–Trinajstić information content (AvgIpc) is 2.82. The smallest absolute Gasteiger partial charge is 0.326 e. The Bertz CT molecular complexity index is 572. The van der Waals surface area contributed by atoms with E-state index in [9.17, 15) is 14.7 Å². The van der Waals surface area contributed by atoms with Gasteiger partial charge in [0.05, 0.1) is 0 Å². The minimum Gasteiger partial charge on any atom is -0.480 e. The lowest BCUT2D eigenvalue weighted by Gasteiger charge is -2.37. The molecule has 5 nitrogen and oxygen atoms in total. The summed E-state index contributed by atoms with van der Waals surface area (Å²) in [6.45, 7) is 2.54. The third kappa shape index (κ3) is 2.37. The van der Waals surface area contributed by atoms with Gasteiger partial charge in [0.1, 0.15) is 6.04 Å². The number of urea groups is 1. The maximum atomic E-state index is 12.9. The Balaban J connectivity index is 1.89. The van der Waals surface area contributed by atoms with Gasteiger partial charge in [-0.3, -0.25) is 4.90 Å². The van der Waals surface area contributed by atoms with Crippen molar-refractivity contribution in [2.24, 2.45) is 0 Å². The molecule has 2 aliphatic rings. The molecule has 2 aliphatic heterocycles. The minimum absolute atomic E-state index is 0.0753. The van der Waals surface area contributed by atoms with Crippen LogP contribution in [0.1, 0.15) is 31.7 Å². The summed E-state index contributed by atoms with van der Waals surface area (Å²) in [5.74, 6) is -0.900. The van der Waals surface area contributed by atoms with E-state index in [1.165, 1.54) is 4.90 Å². The highest BCUT2D eigenvalue weighted by Gasteiger charge is 2.39. The molecule has 2 amide bonds. The summed E-state index contributed by atoms with van der Waals surface area (Å²) < 4.78 is 0. The van der Waals surface area contributed by atoms with Gasteiger partial charge in [-0.25, -0.2) is 9.59 Å². The summed E-state index contributed by atoms with van der Waals surface area (Å²) in [5.41, 5.74) is 2.08. The van der Waals surface area contributed by atoms with E-state index in [0.29, 0.717) is 13.0 Å². The third-order valence-corrected chi connectivity index (χ3v) is 4.45. The molecule has 2 heterocycles. The highest BCUT2D eigenvalue weighted by Crippen LogP contribution is 2.33. The van der Waals surface area contributed by atoms with Crippen molar-refractivity contribution in [3.63, 3.8) is 0 Å². The molecule has 1 N–H and O–H groups in total. The number of anilines is 1. The summed E-state index contributed by atoms with van der Waals surface area (Å²) in [6.07, 6.45) is 3.12. The van der Waals surface area contributed by atoms with E-state index < -0.39 is 12.0 Å². The second-order valence-corrected chi connectivity index (χ2v) is 5.88. The number of carbonyl (C=O) groups is 2. The number of nitrogens with zero attached hydrogens (tertiary/aromatic N) is 2.